The molecule has 0 atom stereocenters. The summed E-state index contributed by atoms with van der Waals surface area (Å²) in [5, 5.41) is 7.78. The number of halogens is 3. The summed E-state index contributed by atoms with van der Waals surface area (Å²) in [6, 6.07) is 4.73. The largest absolute Gasteiger partial charge is 0.324 e. The summed E-state index contributed by atoms with van der Waals surface area (Å²) in [6.45, 7) is -0.191. The van der Waals surface area contributed by atoms with E-state index in [4.69, 9.17) is 23.2 Å². The minimum atomic E-state index is -0.392. The van der Waals surface area contributed by atoms with E-state index >= 15 is 0 Å². The van der Waals surface area contributed by atoms with Crippen molar-refractivity contribution in [2.24, 2.45) is 7.05 Å². The zero-order chi connectivity index (χ0) is 17.4. The highest BCUT2D eigenvalue weighted by atomic mass is 79.9. The summed E-state index contributed by atoms with van der Waals surface area (Å²) >= 11 is 15.0. The molecule has 1 aromatic carbocycles. The number of aryl methyl sites for hydroxylation is 1. The first kappa shape index (κ1) is 16.9. The monoisotopic (exact) mass is 429 g/mol. The molecule has 7 nitrogen and oxygen atoms in total. The van der Waals surface area contributed by atoms with E-state index in [1.165, 1.54) is 21.6 Å². The third-order valence-corrected chi connectivity index (χ3v) is 4.58. The van der Waals surface area contributed by atoms with E-state index in [9.17, 15) is 9.59 Å². The fourth-order valence-electron chi connectivity index (χ4n) is 2.18. The van der Waals surface area contributed by atoms with Crippen LogP contribution in [0, 0.1) is 0 Å². The molecule has 1 N–H and O–H groups in total. The number of nitrogens with zero attached hydrogens (tertiary/aromatic N) is 4. The number of fused-ring (bicyclic) bond motifs is 1. The summed E-state index contributed by atoms with van der Waals surface area (Å²) in [5.41, 5.74) is 0.566. The van der Waals surface area contributed by atoms with Crippen molar-refractivity contribution in [3.05, 3.63) is 49.5 Å². The van der Waals surface area contributed by atoms with Crippen molar-refractivity contribution in [2.45, 2.75) is 6.54 Å². The fraction of sp³-hybridized carbons (Fsp3) is 0.143. The van der Waals surface area contributed by atoms with Crippen molar-refractivity contribution in [2.75, 3.05) is 5.32 Å². The highest BCUT2D eigenvalue weighted by molar-refractivity contribution is 9.10. The molecule has 3 aromatic rings. The van der Waals surface area contributed by atoms with Gasteiger partial charge in [-0.15, -0.1) is 0 Å². The van der Waals surface area contributed by atoms with Gasteiger partial charge in [0, 0.05) is 12.7 Å². The van der Waals surface area contributed by atoms with Gasteiger partial charge in [-0.05, 0) is 34.1 Å². The van der Waals surface area contributed by atoms with Gasteiger partial charge in [-0.1, -0.05) is 23.2 Å². The molecule has 0 aliphatic rings. The van der Waals surface area contributed by atoms with Crippen LogP contribution < -0.4 is 10.9 Å². The molecular formula is C14H10BrCl2N5O2. The Balaban J connectivity index is 1.85. The number of amides is 1. The number of hydrogen-bond donors (Lipinski definition) is 1. The first-order chi connectivity index (χ1) is 11.4. The van der Waals surface area contributed by atoms with Crippen LogP contribution in [0.2, 0.25) is 10.0 Å². The number of carbonyl (C=O) groups is 1. The summed E-state index contributed by atoms with van der Waals surface area (Å²) in [5.74, 6) is -0.392. The number of benzene rings is 1. The molecule has 0 bridgehead atoms. The van der Waals surface area contributed by atoms with Gasteiger partial charge in [0.2, 0.25) is 5.91 Å². The van der Waals surface area contributed by atoms with Gasteiger partial charge >= 0.3 is 0 Å². The average molecular weight is 431 g/mol. The van der Waals surface area contributed by atoms with Crippen molar-refractivity contribution >= 4 is 61.8 Å². The van der Waals surface area contributed by atoms with E-state index in [2.05, 4.69) is 31.3 Å². The molecule has 124 valence electrons. The zero-order valence-electron chi connectivity index (χ0n) is 12.3. The maximum absolute atomic E-state index is 12.5. The second kappa shape index (κ2) is 6.54. The van der Waals surface area contributed by atoms with Crippen LogP contribution in [-0.4, -0.2) is 25.2 Å². The van der Waals surface area contributed by atoms with Gasteiger partial charge in [-0.25, -0.2) is 9.67 Å². The molecule has 0 spiro atoms. The lowest BCUT2D eigenvalue weighted by Crippen LogP contribution is -2.28. The summed E-state index contributed by atoms with van der Waals surface area (Å²) in [4.78, 5) is 28.8. The van der Waals surface area contributed by atoms with Crippen LogP contribution in [0.5, 0.6) is 0 Å². The Morgan fingerprint density at radius 3 is 2.79 bits per heavy atom. The second-order valence-corrected chi connectivity index (χ2v) is 6.53. The van der Waals surface area contributed by atoms with E-state index in [0.29, 0.717) is 31.4 Å². The minimum absolute atomic E-state index is 0.191. The van der Waals surface area contributed by atoms with E-state index in [-0.39, 0.29) is 12.1 Å². The van der Waals surface area contributed by atoms with Crippen LogP contribution in [-0.2, 0) is 18.4 Å². The van der Waals surface area contributed by atoms with Gasteiger partial charge in [0.25, 0.3) is 5.56 Å². The summed E-state index contributed by atoms with van der Waals surface area (Å²) in [6.07, 6.45) is 1.31. The molecule has 0 radical (unpaired) electrons. The Bertz CT molecular complexity index is 1010. The fourth-order valence-corrected chi connectivity index (χ4v) is 3.06. The molecule has 10 heteroatoms. The molecule has 24 heavy (non-hydrogen) atoms. The SMILES string of the molecule is Cn1nc(Br)c2c(=O)n(CC(=O)Nc3ccc(Cl)c(Cl)c3)cnc21. The minimum Gasteiger partial charge on any atom is -0.324 e. The van der Waals surface area contributed by atoms with Gasteiger partial charge in [0.1, 0.15) is 22.9 Å². The van der Waals surface area contributed by atoms with Gasteiger partial charge in [-0.2, -0.15) is 5.10 Å². The number of rotatable bonds is 3. The third kappa shape index (κ3) is 3.17. The normalized spacial score (nSPS) is 11.0. The molecular weight excluding hydrogens is 421 g/mol. The maximum atomic E-state index is 12.5. The van der Waals surface area contributed by atoms with Crippen LogP contribution >= 0.6 is 39.1 Å². The summed E-state index contributed by atoms with van der Waals surface area (Å²) < 4.78 is 3.08. The van der Waals surface area contributed by atoms with Crippen LogP contribution in [0.4, 0.5) is 5.69 Å². The van der Waals surface area contributed by atoms with E-state index in [1.54, 1.807) is 19.2 Å². The standard InChI is InChI=1S/C14H10BrCl2N5O2/c1-21-13-11(12(15)20-21)14(24)22(6-18-13)5-10(23)19-7-2-3-8(16)9(17)4-7/h2-4,6H,5H2,1H3,(H,19,23). The van der Waals surface area contributed by atoms with Gasteiger partial charge in [0.05, 0.1) is 10.0 Å². The van der Waals surface area contributed by atoms with Crippen LogP contribution in [0.3, 0.4) is 0 Å². The Morgan fingerprint density at radius 1 is 1.33 bits per heavy atom. The maximum Gasteiger partial charge on any atom is 0.266 e. The predicted molar refractivity (Wildman–Crippen MR) is 95.6 cm³/mol. The molecule has 0 saturated heterocycles. The Labute approximate surface area is 154 Å². The molecule has 1 amide bonds. The van der Waals surface area contributed by atoms with Gasteiger partial charge < -0.3 is 5.32 Å². The van der Waals surface area contributed by atoms with Gasteiger partial charge in [0.15, 0.2) is 5.65 Å². The average Bonchev–Trinajstić information content (AvgIpc) is 2.81. The number of hydrogen-bond acceptors (Lipinski definition) is 4. The van der Waals surface area contributed by atoms with Gasteiger partial charge in [-0.3, -0.25) is 14.2 Å². The Kier molecular flexibility index (Phi) is 4.62. The highest BCUT2D eigenvalue weighted by Gasteiger charge is 2.15. The molecule has 0 unspecified atom stereocenters. The number of carbonyl (C=O) groups excluding carboxylic acids is 1. The van der Waals surface area contributed by atoms with E-state index in [1.807, 2.05) is 0 Å². The summed E-state index contributed by atoms with van der Waals surface area (Å²) in [7, 11) is 1.68. The molecule has 0 aliphatic carbocycles. The Hall–Kier alpha value is -1.90. The van der Waals surface area contributed by atoms with Crippen molar-refractivity contribution in [1.29, 1.82) is 0 Å². The molecule has 3 rings (SSSR count). The van der Waals surface area contributed by atoms with Crippen LogP contribution in [0.25, 0.3) is 11.0 Å². The second-order valence-electron chi connectivity index (χ2n) is 4.97. The zero-order valence-corrected chi connectivity index (χ0v) is 15.4. The molecule has 2 aromatic heterocycles. The lowest BCUT2D eigenvalue weighted by molar-refractivity contribution is -0.116. The smallest absolute Gasteiger partial charge is 0.266 e. The van der Waals surface area contributed by atoms with E-state index < -0.39 is 5.91 Å². The van der Waals surface area contributed by atoms with Crippen molar-refractivity contribution in [3.8, 4) is 0 Å². The van der Waals surface area contributed by atoms with Crippen molar-refractivity contribution in [3.63, 3.8) is 0 Å². The predicted octanol–water partition coefficient (Wildman–Crippen LogP) is 2.84. The lowest BCUT2D eigenvalue weighted by Gasteiger charge is -2.08. The third-order valence-electron chi connectivity index (χ3n) is 3.29. The first-order valence-corrected chi connectivity index (χ1v) is 8.24. The van der Waals surface area contributed by atoms with Crippen molar-refractivity contribution < 1.29 is 4.79 Å². The molecule has 2 heterocycles. The van der Waals surface area contributed by atoms with E-state index in [0.717, 1.165) is 0 Å². The quantitative estimate of drug-likeness (QED) is 0.692. The molecule has 0 fully saturated rings. The van der Waals surface area contributed by atoms with Crippen LogP contribution in [0.15, 0.2) is 33.9 Å². The molecule has 0 saturated carbocycles. The Morgan fingerprint density at radius 2 is 2.08 bits per heavy atom. The molecule has 0 aliphatic heterocycles. The highest BCUT2D eigenvalue weighted by Crippen LogP contribution is 2.25. The first-order valence-electron chi connectivity index (χ1n) is 6.69. The number of nitrogens with one attached hydrogen (secondary N) is 1. The number of anilines is 1. The van der Waals surface area contributed by atoms with Crippen LogP contribution in [0.1, 0.15) is 0 Å². The topological polar surface area (TPSA) is 81.8 Å². The van der Waals surface area contributed by atoms with Crippen molar-refractivity contribution in [1.82, 2.24) is 19.3 Å². The lowest BCUT2D eigenvalue weighted by atomic mass is 10.3. The number of aromatic nitrogens is 4.